The molecular weight excluding hydrogens is 482 g/mol. The Balaban J connectivity index is 1.92. The van der Waals surface area contributed by atoms with E-state index in [1.54, 1.807) is 0 Å². The van der Waals surface area contributed by atoms with Crippen LogP contribution in [-0.4, -0.2) is 33.6 Å². The summed E-state index contributed by atoms with van der Waals surface area (Å²) in [6, 6.07) is 3.17. The monoisotopic (exact) mass is 506 g/mol. The van der Waals surface area contributed by atoms with Crippen LogP contribution in [0.3, 0.4) is 0 Å². The van der Waals surface area contributed by atoms with Crippen LogP contribution in [0.1, 0.15) is 72.2 Å². The smallest absolute Gasteiger partial charge is 0.419 e. The van der Waals surface area contributed by atoms with Gasteiger partial charge in [0.05, 0.1) is 29.3 Å². The zero-order chi connectivity index (χ0) is 26.5. The molecule has 1 aromatic carbocycles. The number of cyclic esters (lactones) is 1. The van der Waals surface area contributed by atoms with Crippen LogP contribution < -0.4 is 0 Å². The van der Waals surface area contributed by atoms with E-state index in [0.29, 0.717) is 0 Å². The molecule has 2 heterocycles. The van der Waals surface area contributed by atoms with Gasteiger partial charge in [0.1, 0.15) is 11.7 Å². The highest BCUT2D eigenvalue weighted by Crippen LogP contribution is 2.40. The van der Waals surface area contributed by atoms with Crippen LogP contribution in [0.15, 0.2) is 24.3 Å². The summed E-state index contributed by atoms with van der Waals surface area (Å²) < 4.78 is 90.9. The van der Waals surface area contributed by atoms with Crippen molar-refractivity contribution in [2.75, 3.05) is 0 Å². The van der Waals surface area contributed by atoms with Crippen LogP contribution in [0.5, 0.6) is 0 Å². The predicted octanol–water partition coefficient (Wildman–Crippen LogP) is 6.40. The number of halogens is 6. The highest BCUT2D eigenvalue weighted by Gasteiger charge is 2.45. The Bertz CT molecular complexity index is 1110. The van der Waals surface area contributed by atoms with Crippen molar-refractivity contribution >= 4 is 12.1 Å². The summed E-state index contributed by atoms with van der Waals surface area (Å²) >= 11 is 0. The van der Waals surface area contributed by atoms with Gasteiger partial charge in [0.2, 0.25) is 0 Å². The van der Waals surface area contributed by atoms with E-state index < -0.39 is 71.1 Å². The van der Waals surface area contributed by atoms with Crippen molar-refractivity contribution in [3.63, 3.8) is 0 Å². The first-order valence-electron chi connectivity index (χ1n) is 10.6. The number of aryl methyl sites for hydroxylation is 1. The summed E-state index contributed by atoms with van der Waals surface area (Å²) in [5, 5.41) is 0. The van der Waals surface area contributed by atoms with Gasteiger partial charge in [-0.15, -0.1) is 0 Å². The van der Waals surface area contributed by atoms with Crippen LogP contribution >= 0.6 is 0 Å². The Morgan fingerprint density at radius 2 is 1.63 bits per heavy atom. The first kappa shape index (κ1) is 26.4. The number of alkyl halides is 6. The topological polar surface area (TPSA) is 71.6 Å². The van der Waals surface area contributed by atoms with E-state index in [4.69, 9.17) is 9.47 Å². The van der Waals surface area contributed by atoms with Crippen molar-refractivity contribution in [1.29, 1.82) is 0 Å². The second kappa shape index (κ2) is 8.80. The minimum atomic E-state index is -4.94. The van der Waals surface area contributed by atoms with Crippen molar-refractivity contribution in [3.05, 3.63) is 57.9 Å². The lowest BCUT2D eigenvalue weighted by atomic mass is 10.0. The maximum absolute atomic E-state index is 14.0. The number of amides is 1. The van der Waals surface area contributed by atoms with E-state index in [2.05, 4.69) is 4.98 Å². The maximum atomic E-state index is 14.0. The fourth-order valence-corrected chi connectivity index (χ4v) is 3.90. The summed E-state index contributed by atoms with van der Waals surface area (Å²) in [5.74, 6) is -1.16. The number of rotatable bonds is 4. The van der Waals surface area contributed by atoms with Gasteiger partial charge < -0.3 is 14.5 Å². The van der Waals surface area contributed by atoms with Gasteiger partial charge in [0.15, 0.2) is 0 Å². The molecule has 0 saturated carbocycles. The van der Waals surface area contributed by atoms with Crippen LogP contribution in [0.2, 0.25) is 0 Å². The SMILES string of the molecule is Cc1[nH]c(CN2C(=O)OC(c3ccc(C(F)(F)F)cc3)C2C)c(C(F)(F)F)c1C(=O)OC(C)(C)C. The lowest BCUT2D eigenvalue weighted by Crippen LogP contribution is -2.32. The summed E-state index contributed by atoms with van der Waals surface area (Å²) in [4.78, 5) is 28.6. The van der Waals surface area contributed by atoms with Gasteiger partial charge >= 0.3 is 24.4 Å². The third-order valence-corrected chi connectivity index (χ3v) is 5.44. The summed E-state index contributed by atoms with van der Waals surface area (Å²) in [6.45, 7) is 6.77. The number of hydrogen-bond donors (Lipinski definition) is 1. The number of hydrogen-bond acceptors (Lipinski definition) is 4. The maximum Gasteiger partial charge on any atom is 0.419 e. The van der Waals surface area contributed by atoms with E-state index in [9.17, 15) is 35.9 Å². The van der Waals surface area contributed by atoms with Gasteiger partial charge in [-0.1, -0.05) is 12.1 Å². The molecule has 2 aromatic rings. The Morgan fingerprint density at radius 1 is 1.06 bits per heavy atom. The molecule has 2 atom stereocenters. The van der Waals surface area contributed by atoms with Gasteiger partial charge in [0, 0.05) is 11.4 Å². The molecule has 2 unspecified atom stereocenters. The summed E-state index contributed by atoms with van der Waals surface area (Å²) in [6.07, 6.45) is -11.4. The molecule has 1 aromatic heterocycles. The molecule has 1 amide bonds. The quantitative estimate of drug-likeness (QED) is 0.385. The third-order valence-electron chi connectivity index (χ3n) is 5.44. The molecular formula is C23H24F6N2O4. The minimum absolute atomic E-state index is 0.0823. The molecule has 1 aliphatic rings. The Kier molecular flexibility index (Phi) is 6.64. The van der Waals surface area contributed by atoms with Crippen molar-refractivity contribution in [1.82, 2.24) is 9.88 Å². The Morgan fingerprint density at radius 3 is 2.11 bits per heavy atom. The minimum Gasteiger partial charge on any atom is -0.456 e. The number of nitrogens with one attached hydrogen (secondary N) is 1. The molecule has 0 spiro atoms. The van der Waals surface area contributed by atoms with Gasteiger partial charge in [-0.2, -0.15) is 26.3 Å². The Labute approximate surface area is 197 Å². The lowest BCUT2D eigenvalue weighted by Gasteiger charge is -2.22. The highest BCUT2D eigenvalue weighted by molar-refractivity contribution is 5.93. The number of carbonyl (C=O) groups is 2. The van der Waals surface area contributed by atoms with Gasteiger partial charge in [-0.25, -0.2) is 9.59 Å². The first-order valence-corrected chi connectivity index (χ1v) is 10.6. The van der Waals surface area contributed by atoms with Crippen molar-refractivity contribution in [2.45, 2.75) is 71.3 Å². The molecule has 3 rings (SSSR count). The average Bonchev–Trinajstić information content (AvgIpc) is 3.17. The third kappa shape index (κ3) is 5.57. The Hall–Kier alpha value is -3.18. The molecule has 0 aliphatic carbocycles. The molecule has 192 valence electrons. The number of nitrogens with zero attached hydrogens (tertiary/aromatic N) is 1. The van der Waals surface area contributed by atoms with Crippen molar-refractivity contribution in [2.24, 2.45) is 0 Å². The number of H-pyrrole nitrogens is 1. The number of ether oxygens (including phenoxy) is 2. The van der Waals surface area contributed by atoms with E-state index >= 15 is 0 Å². The first-order chi connectivity index (χ1) is 15.9. The molecule has 1 aliphatic heterocycles. The molecule has 6 nitrogen and oxygen atoms in total. The van der Waals surface area contributed by atoms with Crippen LogP contribution in [-0.2, 0) is 28.4 Å². The number of aromatic amines is 1. The van der Waals surface area contributed by atoms with E-state index in [1.807, 2.05) is 0 Å². The molecule has 1 saturated heterocycles. The van der Waals surface area contributed by atoms with Gasteiger partial charge in [0.25, 0.3) is 0 Å². The molecule has 1 N–H and O–H groups in total. The predicted molar refractivity (Wildman–Crippen MR) is 111 cm³/mol. The van der Waals surface area contributed by atoms with Gasteiger partial charge in [-0.3, -0.25) is 4.90 Å². The standard InChI is InChI=1S/C23H24F6N2O4/c1-11-16(19(32)35-21(3,4)5)17(23(27,28)29)15(30-11)10-31-12(2)18(34-20(31)33)13-6-8-14(9-7-13)22(24,25)26/h6-9,12,18,30H,10H2,1-5H3. The normalized spacial score (nSPS) is 19.2. The number of benzene rings is 1. The van der Waals surface area contributed by atoms with Crippen molar-refractivity contribution in [3.8, 4) is 0 Å². The number of carbonyl (C=O) groups excluding carboxylic acids is 2. The van der Waals surface area contributed by atoms with E-state index in [-0.39, 0.29) is 11.3 Å². The largest absolute Gasteiger partial charge is 0.456 e. The summed E-state index contributed by atoms with van der Waals surface area (Å²) in [5.41, 5.74) is -4.11. The van der Waals surface area contributed by atoms with Gasteiger partial charge in [-0.05, 0) is 52.3 Å². The zero-order valence-electron chi connectivity index (χ0n) is 19.5. The zero-order valence-corrected chi connectivity index (χ0v) is 19.5. The average molecular weight is 506 g/mol. The van der Waals surface area contributed by atoms with Crippen molar-refractivity contribution < 1.29 is 45.4 Å². The number of aromatic nitrogens is 1. The number of esters is 1. The van der Waals surface area contributed by atoms with Crippen LogP contribution in [0, 0.1) is 6.92 Å². The molecule has 12 heteroatoms. The second-order valence-corrected chi connectivity index (χ2v) is 9.27. The molecule has 0 radical (unpaired) electrons. The highest BCUT2D eigenvalue weighted by atomic mass is 19.4. The summed E-state index contributed by atoms with van der Waals surface area (Å²) in [7, 11) is 0. The van der Waals surface area contributed by atoms with Crippen LogP contribution in [0.4, 0.5) is 31.1 Å². The lowest BCUT2D eigenvalue weighted by molar-refractivity contribution is -0.139. The van der Waals surface area contributed by atoms with Crippen LogP contribution in [0.25, 0.3) is 0 Å². The van der Waals surface area contributed by atoms with E-state index in [1.165, 1.54) is 34.6 Å². The fraction of sp³-hybridized carbons (Fsp3) is 0.478. The fourth-order valence-electron chi connectivity index (χ4n) is 3.90. The second-order valence-electron chi connectivity index (χ2n) is 9.27. The molecule has 0 bridgehead atoms. The van der Waals surface area contributed by atoms with E-state index in [0.717, 1.165) is 29.2 Å². The molecule has 1 fully saturated rings. The molecule has 35 heavy (non-hydrogen) atoms.